The Bertz CT molecular complexity index is 775. The minimum absolute atomic E-state index is 0.00853. The van der Waals surface area contributed by atoms with Crippen LogP contribution >= 0.6 is 11.8 Å². The van der Waals surface area contributed by atoms with Crippen LogP contribution in [0.25, 0.3) is 0 Å². The number of amides is 3. The third-order valence-corrected chi connectivity index (χ3v) is 5.36. The van der Waals surface area contributed by atoms with Gasteiger partial charge in [-0.1, -0.05) is 13.8 Å². The first-order valence-corrected chi connectivity index (χ1v) is 11.9. The maximum Gasteiger partial charge on any atom is 0.326 e. The Morgan fingerprint density at radius 2 is 1.70 bits per heavy atom. The second-order valence-electron chi connectivity index (χ2n) is 8.00. The Labute approximate surface area is 196 Å². The summed E-state index contributed by atoms with van der Waals surface area (Å²) >= 11 is 1.44. The van der Waals surface area contributed by atoms with E-state index in [0.717, 1.165) is 0 Å². The van der Waals surface area contributed by atoms with Crippen molar-refractivity contribution in [3.63, 3.8) is 0 Å². The smallest absolute Gasteiger partial charge is 0.326 e. The first-order chi connectivity index (χ1) is 15.6. The third-order valence-electron chi connectivity index (χ3n) is 4.71. The van der Waals surface area contributed by atoms with Crippen LogP contribution in [0, 0.1) is 5.92 Å². The molecule has 0 spiro atoms. The zero-order valence-electron chi connectivity index (χ0n) is 19.0. The molecule has 186 valence electrons. The van der Waals surface area contributed by atoms with Crippen molar-refractivity contribution >= 4 is 35.5 Å². The summed E-state index contributed by atoms with van der Waals surface area (Å²) in [5.74, 6) is -2.64. The lowest BCUT2D eigenvalue weighted by Crippen LogP contribution is -2.58. The van der Waals surface area contributed by atoms with Gasteiger partial charge in [0.2, 0.25) is 17.7 Å². The number of nitrogens with one attached hydrogen (secondary N) is 4. The zero-order chi connectivity index (χ0) is 25.0. The number of aromatic nitrogens is 2. The number of hydrogen-bond acceptors (Lipinski definition) is 8. The number of rotatable bonds is 15. The van der Waals surface area contributed by atoms with Gasteiger partial charge in [0.25, 0.3) is 0 Å². The lowest BCUT2D eigenvalue weighted by atomic mass is 10.0. The molecular weight excluding hydrogens is 452 g/mol. The van der Waals surface area contributed by atoms with Crippen molar-refractivity contribution in [2.24, 2.45) is 11.7 Å². The van der Waals surface area contributed by atoms with Crippen LogP contribution in [-0.4, -0.2) is 86.7 Å². The van der Waals surface area contributed by atoms with Crippen LogP contribution in [0.4, 0.5) is 0 Å². The van der Waals surface area contributed by atoms with Gasteiger partial charge in [0.05, 0.1) is 19.0 Å². The van der Waals surface area contributed by atoms with Crippen molar-refractivity contribution in [1.29, 1.82) is 0 Å². The summed E-state index contributed by atoms with van der Waals surface area (Å²) in [6, 6.07) is -4.50. The summed E-state index contributed by atoms with van der Waals surface area (Å²) in [7, 11) is 0. The average molecular weight is 487 g/mol. The lowest BCUT2D eigenvalue weighted by molar-refractivity contribution is -0.142. The van der Waals surface area contributed by atoms with Crippen LogP contribution in [0.3, 0.4) is 0 Å². The van der Waals surface area contributed by atoms with Crippen LogP contribution in [0.15, 0.2) is 12.5 Å². The van der Waals surface area contributed by atoms with Crippen molar-refractivity contribution < 1.29 is 29.4 Å². The molecule has 1 heterocycles. The summed E-state index contributed by atoms with van der Waals surface area (Å²) in [6.07, 6.45) is 5.27. The van der Waals surface area contributed by atoms with Crippen LogP contribution in [0.5, 0.6) is 0 Å². The monoisotopic (exact) mass is 486 g/mol. The molecule has 0 radical (unpaired) electrons. The highest BCUT2D eigenvalue weighted by Crippen LogP contribution is 2.06. The fourth-order valence-corrected chi connectivity index (χ4v) is 3.42. The number of carboxylic acids is 1. The number of thioether (sulfide) groups is 1. The van der Waals surface area contributed by atoms with E-state index < -0.39 is 54.5 Å². The quantitative estimate of drug-likeness (QED) is 0.156. The number of aliphatic carboxylic acids is 1. The molecule has 13 heteroatoms. The molecule has 0 bridgehead atoms. The Hall–Kier alpha value is -2.64. The van der Waals surface area contributed by atoms with Gasteiger partial charge in [-0.3, -0.25) is 14.4 Å². The van der Waals surface area contributed by atoms with Crippen molar-refractivity contribution in [2.75, 3.05) is 18.6 Å². The fourth-order valence-electron chi connectivity index (χ4n) is 2.95. The molecule has 12 nitrogen and oxygen atoms in total. The second-order valence-corrected chi connectivity index (χ2v) is 8.99. The SMILES string of the molecule is CSCCC(NC(=O)C(Cc1cnc[nH]1)NC(=O)C(CO)NC(=O)C(N)CC(C)C)C(=O)O. The first kappa shape index (κ1) is 28.4. The molecule has 4 atom stereocenters. The molecule has 0 aromatic carbocycles. The predicted octanol–water partition coefficient (Wildman–Crippen LogP) is -1.39. The molecule has 1 aromatic heterocycles. The van der Waals surface area contributed by atoms with Crippen LogP contribution in [0.2, 0.25) is 0 Å². The van der Waals surface area contributed by atoms with Crippen LogP contribution in [-0.2, 0) is 25.6 Å². The van der Waals surface area contributed by atoms with Crippen LogP contribution in [0.1, 0.15) is 32.4 Å². The molecule has 0 fully saturated rings. The average Bonchev–Trinajstić information content (AvgIpc) is 3.26. The largest absolute Gasteiger partial charge is 0.480 e. The van der Waals surface area contributed by atoms with Crippen molar-refractivity contribution in [2.45, 2.75) is 57.3 Å². The van der Waals surface area contributed by atoms with Gasteiger partial charge < -0.3 is 36.9 Å². The zero-order valence-corrected chi connectivity index (χ0v) is 19.9. The molecule has 1 aromatic rings. The van der Waals surface area contributed by atoms with Crippen molar-refractivity contribution in [1.82, 2.24) is 25.9 Å². The number of aromatic amines is 1. The Morgan fingerprint density at radius 3 is 2.21 bits per heavy atom. The van der Waals surface area contributed by atoms with Crippen molar-refractivity contribution in [3.8, 4) is 0 Å². The number of nitrogens with zero attached hydrogens (tertiary/aromatic N) is 1. The number of imidazole rings is 1. The maximum atomic E-state index is 12.8. The van der Waals surface area contributed by atoms with Gasteiger partial charge in [0.1, 0.15) is 18.1 Å². The molecule has 0 aliphatic heterocycles. The third kappa shape index (κ3) is 10.2. The van der Waals surface area contributed by atoms with Gasteiger partial charge in [0.15, 0.2) is 0 Å². The first-order valence-electron chi connectivity index (χ1n) is 10.6. The van der Waals surface area contributed by atoms with E-state index >= 15 is 0 Å². The lowest BCUT2D eigenvalue weighted by Gasteiger charge is -2.24. The number of hydrogen-bond donors (Lipinski definition) is 7. The molecular formula is C20H34N6O6S. The minimum Gasteiger partial charge on any atom is -0.480 e. The molecule has 4 unspecified atom stereocenters. The van der Waals surface area contributed by atoms with Crippen LogP contribution < -0.4 is 21.7 Å². The van der Waals surface area contributed by atoms with Gasteiger partial charge in [-0.2, -0.15) is 11.8 Å². The van der Waals surface area contributed by atoms with E-state index in [4.69, 9.17) is 5.73 Å². The number of carbonyl (C=O) groups is 4. The molecule has 3 amide bonds. The van der Waals surface area contributed by atoms with Gasteiger partial charge >= 0.3 is 5.97 Å². The summed E-state index contributed by atoms with van der Waals surface area (Å²) in [5.41, 5.74) is 6.35. The normalized spacial score (nSPS) is 14.7. The molecule has 0 saturated carbocycles. The molecule has 0 aliphatic carbocycles. The van der Waals surface area contributed by atoms with E-state index in [1.54, 1.807) is 0 Å². The highest BCUT2D eigenvalue weighted by molar-refractivity contribution is 7.98. The van der Waals surface area contributed by atoms with E-state index in [2.05, 4.69) is 25.9 Å². The Morgan fingerprint density at radius 1 is 1.09 bits per heavy atom. The summed E-state index contributed by atoms with van der Waals surface area (Å²) in [4.78, 5) is 56.0. The topological polar surface area (TPSA) is 200 Å². The highest BCUT2D eigenvalue weighted by Gasteiger charge is 2.30. The fraction of sp³-hybridized carbons (Fsp3) is 0.650. The minimum atomic E-state index is -1.33. The predicted molar refractivity (Wildman–Crippen MR) is 123 cm³/mol. The van der Waals surface area contributed by atoms with E-state index in [9.17, 15) is 29.4 Å². The second kappa shape index (κ2) is 14.5. The number of aliphatic hydroxyl groups is 1. The summed E-state index contributed by atoms with van der Waals surface area (Å²) in [5, 5.41) is 26.3. The maximum absolute atomic E-state index is 12.8. The number of H-pyrrole nitrogens is 1. The van der Waals surface area contributed by atoms with E-state index in [1.807, 2.05) is 20.1 Å². The van der Waals surface area contributed by atoms with Gasteiger partial charge in [-0.15, -0.1) is 0 Å². The molecule has 8 N–H and O–H groups in total. The Kier molecular flexibility index (Phi) is 12.5. The number of carboxylic acid groups (broad SMARTS) is 1. The molecule has 0 saturated heterocycles. The van der Waals surface area contributed by atoms with E-state index in [1.165, 1.54) is 24.3 Å². The van der Waals surface area contributed by atoms with Gasteiger partial charge in [0, 0.05) is 18.3 Å². The number of aliphatic hydroxyl groups excluding tert-OH is 1. The standard InChI is InChI=1S/C20H34N6O6S/c1-11(2)6-13(21)17(28)26-16(9-27)19(30)25-15(7-12-8-22-10-23-12)18(29)24-14(20(31)32)4-5-33-3/h8,10-11,13-16,27H,4-7,9,21H2,1-3H3,(H,22,23)(H,24,29)(H,25,30)(H,26,28)(H,31,32). The number of nitrogens with two attached hydrogens (primary N) is 1. The van der Waals surface area contributed by atoms with E-state index in [-0.39, 0.29) is 18.8 Å². The van der Waals surface area contributed by atoms with Crippen molar-refractivity contribution in [3.05, 3.63) is 18.2 Å². The highest BCUT2D eigenvalue weighted by atomic mass is 32.2. The van der Waals surface area contributed by atoms with Gasteiger partial charge in [-0.05, 0) is 30.8 Å². The summed E-state index contributed by atoms with van der Waals surface area (Å²) in [6.45, 7) is 3.08. The molecule has 0 aliphatic rings. The Balaban J connectivity index is 2.92. The van der Waals surface area contributed by atoms with Gasteiger partial charge in [-0.25, -0.2) is 9.78 Å². The summed E-state index contributed by atoms with van der Waals surface area (Å²) < 4.78 is 0. The van der Waals surface area contributed by atoms with E-state index in [0.29, 0.717) is 17.9 Å². The number of carbonyl (C=O) groups excluding carboxylic acids is 3. The molecule has 1 rings (SSSR count). The molecule has 33 heavy (non-hydrogen) atoms.